The molecule has 1 atom stereocenters. The van der Waals surface area contributed by atoms with Crippen LogP contribution < -0.4 is 14.8 Å². The first-order chi connectivity index (χ1) is 12.6. The van der Waals surface area contributed by atoms with E-state index in [2.05, 4.69) is 27.7 Å². The van der Waals surface area contributed by atoms with Crippen molar-refractivity contribution in [3.8, 4) is 11.5 Å². The standard InChI is InChI=1S/C20H26N2O3S/c1-14(18-11-16(24-2)8-9-19(18)25-3)21-20(23)13-22(15-6-7-15)12-17-5-4-10-26-17/h4-5,8-11,14-15H,6-7,12-13H2,1-3H3,(H,21,23). The summed E-state index contributed by atoms with van der Waals surface area (Å²) in [4.78, 5) is 16.2. The zero-order chi connectivity index (χ0) is 18.5. The Hall–Kier alpha value is -2.05. The van der Waals surface area contributed by atoms with Crippen molar-refractivity contribution < 1.29 is 14.3 Å². The second-order valence-corrected chi connectivity index (χ2v) is 7.64. The van der Waals surface area contributed by atoms with Crippen LogP contribution in [0.5, 0.6) is 11.5 Å². The van der Waals surface area contributed by atoms with Crippen LogP contribution in [-0.2, 0) is 11.3 Å². The van der Waals surface area contributed by atoms with Crippen molar-refractivity contribution in [2.24, 2.45) is 0 Å². The molecule has 1 aromatic carbocycles. The molecule has 1 unspecified atom stereocenters. The van der Waals surface area contributed by atoms with E-state index in [0.717, 1.165) is 23.6 Å². The van der Waals surface area contributed by atoms with E-state index in [0.29, 0.717) is 12.6 Å². The maximum atomic E-state index is 12.6. The van der Waals surface area contributed by atoms with Crippen LogP contribution in [-0.4, -0.2) is 37.6 Å². The number of amides is 1. The van der Waals surface area contributed by atoms with Crippen LogP contribution in [0, 0.1) is 0 Å². The zero-order valence-corrected chi connectivity index (χ0v) is 16.3. The SMILES string of the molecule is COc1ccc(OC)c(C(C)NC(=O)CN(Cc2cccs2)C2CC2)c1. The van der Waals surface area contributed by atoms with Crippen LogP contribution in [0.25, 0.3) is 0 Å². The van der Waals surface area contributed by atoms with Gasteiger partial charge in [0.15, 0.2) is 0 Å². The second kappa shape index (κ2) is 8.56. The highest BCUT2D eigenvalue weighted by molar-refractivity contribution is 7.09. The second-order valence-electron chi connectivity index (χ2n) is 6.61. The number of nitrogens with one attached hydrogen (secondary N) is 1. The summed E-state index contributed by atoms with van der Waals surface area (Å²) in [5.41, 5.74) is 0.913. The number of hydrogen-bond acceptors (Lipinski definition) is 5. The quantitative estimate of drug-likeness (QED) is 0.729. The van der Waals surface area contributed by atoms with Gasteiger partial charge in [0.25, 0.3) is 0 Å². The van der Waals surface area contributed by atoms with Crippen LogP contribution in [0.4, 0.5) is 0 Å². The fourth-order valence-electron chi connectivity index (χ4n) is 3.08. The maximum Gasteiger partial charge on any atom is 0.234 e. The van der Waals surface area contributed by atoms with Gasteiger partial charge in [-0.2, -0.15) is 0 Å². The van der Waals surface area contributed by atoms with Crippen LogP contribution in [0.3, 0.4) is 0 Å². The van der Waals surface area contributed by atoms with Crippen LogP contribution in [0.2, 0.25) is 0 Å². The molecule has 0 aliphatic heterocycles. The molecule has 3 rings (SSSR count). The minimum absolute atomic E-state index is 0.0332. The molecule has 2 aromatic rings. The molecule has 1 heterocycles. The van der Waals surface area contributed by atoms with Gasteiger partial charge in [0.05, 0.1) is 26.8 Å². The van der Waals surface area contributed by atoms with Gasteiger partial charge >= 0.3 is 0 Å². The molecule has 1 amide bonds. The van der Waals surface area contributed by atoms with E-state index in [1.807, 2.05) is 25.1 Å². The fraction of sp³-hybridized carbons (Fsp3) is 0.450. The van der Waals surface area contributed by atoms with Gasteiger partial charge in [0.1, 0.15) is 11.5 Å². The Bertz CT molecular complexity index is 729. The lowest BCUT2D eigenvalue weighted by Gasteiger charge is -2.23. The molecule has 1 N–H and O–H groups in total. The molecule has 1 fully saturated rings. The number of hydrogen-bond donors (Lipinski definition) is 1. The highest BCUT2D eigenvalue weighted by atomic mass is 32.1. The smallest absolute Gasteiger partial charge is 0.234 e. The predicted molar refractivity (Wildman–Crippen MR) is 104 cm³/mol. The Balaban J connectivity index is 1.63. The Labute approximate surface area is 158 Å². The molecular formula is C20H26N2O3S. The Morgan fingerprint density at radius 1 is 1.31 bits per heavy atom. The van der Waals surface area contributed by atoms with E-state index in [9.17, 15) is 4.79 Å². The van der Waals surface area contributed by atoms with Crippen molar-refractivity contribution in [1.82, 2.24) is 10.2 Å². The minimum atomic E-state index is -0.157. The molecule has 6 heteroatoms. The molecule has 140 valence electrons. The summed E-state index contributed by atoms with van der Waals surface area (Å²) in [6, 6.07) is 10.2. The van der Waals surface area contributed by atoms with E-state index in [1.165, 1.54) is 17.7 Å². The Kier molecular flexibility index (Phi) is 6.16. The van der Waals surface area contributed by atoms with E-state index in [1.54, 1.807) is 25.6 Å². The van der Waals surface area contributed by atoms with Gasteiger partial charge in [-0.25, -0.2) is 0 Å². The number of rotatable bonds is 9. The molecule has 1 saturated carbocycles. The van der Waals surface area contributed by atoms with Crippen LogP contribution in [0.15, 0.2) is 35.7 Å². The summed E-state index contributed by atoms with van der Waals surface area (Å²) < 4.78 is 10.7. The molecule has 26 heavy (non-hydrogen) atoms. The lowest BCUT2D eigenvalue weighted by Crippen LogP contribution is -2.39. The summed E-state index contributed by atoms with van der Waals surface area (Å²) in [5, 5.41) is 5.18. The lowest BCUT2D eigenvalue weighted by molar-refractivity contribution is -0.123. The number of carbonyl (C=O) groups excluding carboxylic acids is 1. The van der Waals surface area contributed by atoms with Gasteiger partial charge < -0.3 is 14.8 Å². The predicted octanol–water partition coefficient (Wildman–Crippen LogP) is 3.61. The van der Waals surface area contributed by atoms with Crippen molar-refractivity contribution in [3.05, 3.63) is 46.2 Å². The summed E-state index contributed by atoms with van der Waals surface area (Å²) >= 11 is 1.74. The summed E-state index contributed by atoms with van der Waals surface area (Å²) in [6.45, 7) is 3.22. The first kappa shape index (κ1) is 18.7. The number of nitrogens with zero attached hydrogens (tertiary/aromatic N) is 1. The van der Waals surface area contributed by atoms with Crippen molar-refractivity contribution in [3.63, 3.8) is 0 Å². The minimum Gasteiger partial charge on any atom is -0.497 e. The Morgan fingerprint density at radius 2 is 2.12 bits per heavy atom. The third kappa shape index (κ3) is 4.77. The van der Waals surface area contributed by atoms with Gasteiger partial charge in [-0.15, -0.1) is 11.3 Å². The Morgan fingerprint density at radius 3 is 2.73 bits per heavy atom. The molecule has 1 aromatic heterocycles. The van der Waals surface area contributed by atoms with E-state index in [4.69, 9.17) is 9.47 Å². The summed E-state index contributed by atoms with van der Waals surface area (Å²) in [7, 11) is 3.27. The summed E-state index contributed by atoms with van der Waals surface area (Å²) in [5.74, 6) is 1.53. The molecule has 0 saturated heterocycles. The molecule has 5 nitrogen and oxygen atoms in total. The van der Waals surface area contributed by atoms with Crippen molar-refractivity contribution in [2.75, 3.05) is 20.8 Å². The molecule has 0 radical (unpaired) electrons. The first-order valence-corrected chi connectivity index (χ1v) is 9.76. The van der Waals surface area contributed by atoms with Crippen LogP contribution in [0.1, 0.15) is 36.2 Å². The van der Waals surface area contributed by atoms with Crippen molar-refractivity contribution in [1.29, 1.82) is 0 Å². The van der Waals surface area contributed by atoms with Crippen LogP contribution >= 0.6 is 11.3 Å². The first-order valence-electron chi connectivity index (χ1n) is 8.88. The average Bonchev–Trinajstić information content (AvgIpc) is 3.37. The third-order valence-corrected chi connectivity index (χ3v) is 5.49. The highest BCUT2D eigenvalue weighted by Gasteiger charge is 2.30. The maximum absolute atomic E-state index is 12.6. The van der Waals surface area contributed by atoms with E-state index in [-0.39, 0.29) is 11.9 Å². The van der Waals surface area contributed by atoms with Gasteiger partial charge in [0.2, 0.25) is 5.91 Å². The third-order valence-electron chi connectivity index (χ3n) is 4.63. The normalized spacial score (nSPS) is 14.9. The van der Waals surface area contributed by atoms with Gasteiger partial charge in [-0.1, -0.05) is 6.07 Å². The molecule has 0 bridgehead atoms. The molecule has 1 aliphatic carbocycles. The number of carbonyl (C=O) groups is 1. The summed E-state index contributed by atoms with van der Waals surface area (Å²) in [6.07, 6.45) is 2.36. The van der Waals surface area contributed by atoms with Crippen molar-refractivity contribution in [2.45, 2.75) is 38.4 Å². The number of benzene rings is 1. The molecule has 0 spiro atoms. The fourth-order valence-corrected chi connectivity index (χ4v) is 3.81. The zero-order valence-electron chi connectivity index (χ0n) is 15.5. The number of methoxy groups -OCH3 is 2. The van der Waals surface area contributed by atoms with Gasteiger partial charge in [0, 0.05) is 23.0 Å². The highest BCUT2D eigenvalue weighted by Crippen LogP contribution is 2.30. The topological polar surface area (TPSA) is 50.8 Å². The average molecular weight is 375 g/mol. The monoisotopic (exact) mass is 374 g/mol. The largest absolute Gasteiger partial charge is 0.497 e. The number of thiophene rings is 1. The van der Waals surface area contributed by atoms with Gasteiger partial charge in [-0.05, 0) is 49.4 Å². The number of ether oxygens (including phenoxy) is 2. The van der Waals surface area contributed by atoms with E-state index < -0.39 is 0 Å². The molecule has 1 aliphatic rings. The molecular weight excluding hydrogens is 348 g/mol. The van der Waals surface area contributed by atoms with Gasteiger partial charge in [-0.3, -0.25) is 9.69 Å². The van der Waals surface area contributed by atoms with Crippen molar-refractivity contribution >= 4 is 17.2 Å². The lowest BCUT2D eigenvalue weighted by atomic mass is 10.1. The van der Waals surface area contributed by atoms with E-state index >= 15 is 0 Å².